The summed E-state index contributed by atoms with van der Waals surface area (Å²) in [6.07, 6.45) is 3.08. The SMILES string of the molecule is COc1cccc(C(=O)NC2CCN(C(=O)c3ccccn3)CC2)c1. The molecule has 1 aromatic carbocycles. The molecule has 1 aliphatic heterocycles. The number of nitrogens with one attached hydrogen (secondary N) is 1. The quantitative estimate of drug-likeness (QED) is 0.926. The van der Waals surface area contributed by atoms with Gasteiger partial charge < -0.3 is 15.0 Å². The fourth-order valence-electron chi connectivity index (χ4n) is 2.91. The summed E-state index contributed by atoms with van der Waals surface area (Å²) in [7, 11) is 1.57. The number of ether oxygens (including phenoxy) is 1. The molecule has 2 aromatic rings. The summed E-state index contributed by atoms with van der Waals surface area (Å²) in [5.74, 6) is 0.481. The summed E-state index contributed by atoms with van der Waals surface area (Å²) in [6.45, 7) is 1.22. The molecule has 1 saturated heterocycles. The first-order valence-corrected chi connectivity index (χ1v) is 8.32. The molecule has 1 fully saturated rings. The van der Waals surface area contributed by atoms with Crippen LogP contribution in [-0.4, -0.2) is 47.9 Å². The van der Waals surface area contributed by atoms with Crippen molar-refractivity contribution in [3.8, 4) is 5.75 Å². The van der Waals surface area contributed by atoms with Crippen LogP contribution in [0.4, 0.5) is 0 Å². The summed E-state index contributed by atoms with van der Waals surface area (Å²) in [5, 5.41) is 3.04. The summed E-state index contributed by atoms with van der Waals surface area (Å²) >= 11 is 0. The van der Waals surface area contributed by atoms with E-state index in [1.807, 2.05) is 0 Å². The Labute approximate surface area is 146 Å². The van der Waals surface area contributed by atoms with Gasteiger partial charge >= 0.3 is 0 Å². The van der Waals surface area contributed by atoms with Gasteiger partial charge in [0.15, 0.2) is 0 Å². The van der Waals surface area contributed by atoms with E-state index in [1.54, 1.807) is 60.7 Å². The maximum atomic E-state index is 12.4. The Bertz CT molecular complexity index is 741. The second-order valence-electron chi connectivity index (χ2n) is 5.99. The van der Waals surface area contributed by atoms with Gasteiger partial charge in [0, 0.05) is 30.9 Å². The monoisotopic (exact) mass is 339 g/mol. The van der Waals surface area contributed by atoms with Crippen molar-refractivity contribution in [2.45, 2.75) is 18.9 Å². The lowest BCUT2D eigenvalue weighted by atomic mass is 10.0. The zero-order valence-electron chi connectivity index (χ0n) is 14.1. The average molecular weight is 339 g/mol. The highest BCUT2D eigenvalue weighted by Gasteiger charge is 2.25. The number of pyridine rings is 1. The van der Waals surface area contributed by atoms with Gasteiger partial charge in [-0.15, -0.1) is 0 Å². The van der Waals surface area contributed by atoms with Crippen LogP contribution >= 0.6 is 0 Å². The molecule has 6 heteroatoms. The number of amides is 2. The van der Waals surface area contributed by atoms with Crippen molar-refractivity contribution in [1.82, 2.24) is 15.2 Å². The van der Waals surface area contributed by atoms with Crippen molar-refractivity contribution in [2.75, 3.05) is 20.2 Å². The highest BCUT2D eigenvalue weighted by Crippen LogP contribution is 2.16. The van der Waals surface area contributed by atoms with Crippen LogP contribution in [0.25, 0.3) is 0 Å². The molecule has 25 heavy (non-hydrogen) atoms. The van der Waals surface area contributed by atoms with Crippen LogP contribution in [0.2, 0.25) is 0 Å². The molecular formula is C19H21N3O3. The Balaban J connectivity index is 1.54. The molecular weight excluding hydrogens is 318 g/mol. The van der Waals surface area contributed by atoms with Gasteiger partial charge in [0.25, 0.3) is 11.8 Å². The van der Waals surface area contributed by atoms with E-state index in [1.165, 1.54) is 0 Å². The summed E-state index contributed by atoms with van der Waals surface area (Å²) in [6, 6.07) is 12.5. The van der Waals surface area contributed by atoms with Gasteiger partial charge in [-0.2, -0.15) is 0 Å². The smallest absolute Gasteiger partial charge is 0.272 e. The number of aromatic nitrogens is 1. The molecule has 0 bridgehead atoms. The van der Waals surface area contributed by atoms with Crippen molar-refractivity contribution in [3.05, 3.63) is 59.9 Å². The van der Waals surface area contributed by atoms with Crippen LogP contribution in [0.5, 0.6) is 5.75 Å². The molecule has 2 amide bonds. The van der Waals surface area contributed by atoms with Gasteiger partial charge in [-0.3, -0.25) is 14.6 Å². The van der Waals surface area contributed by atoms with Crippen LogP contribution in [0, 0.1) is 0 Å². The lowest BCUT2D eigenvalue weighted by Gasteiger charge is -2.32. The Morgan fingerprint density at radius 1 is 1.16 bits per heavy atom. The van der Waals surface area contributed by atoms with Crippen LogP contribution < -0.4 is 10.1 Å². The summed E-state index contributed by atoms with van der Waals surface area (Å²) in [4.78, 5) is 30.6. The first-order chi connectivity index (χ1) is 12.2. The molecule has 0 aliphatic carbocycles. The van der Waals surface area contributed by atoms with Gasteiger partial charge in [-0.25, -0.2) is 0 Å². The molecule has 6 nitrogen and oxygen atoms in total. The zero-order chi connectivity index (χ0) is 17.6. The number of hydrogen-bond donors (Lipinski definition) is 1. The predicted molar refractivity (Wildman–Crippen MR) is 93.6 cm³/mol. The number of rotatable bonds is 4. The summed E-state index contributed by atoms with van der Waals surface area (Å²) in [5.41, 5.74) is 1.03. The number of carbonyl (C=O) groups excluding carboxylic acids is 2. The lowest BCUT2D eigenvalue weighted by Crippen LogP contribution is -2.46. The lowest BCUT2D eigenvalue weighted by molar-refractivity contribution is 0.0692. The van der Waals surface area contributed by atoms with Crippen LogP contribution in [0.15, 0.2) is 48.7 Å². The maximum absolute atomic E-state index is 12.4. The molecule has 130 valence electrons. The van der Waals surface area contributed by atoms with Gasteiger partial charge in [0.1, 0.15) is 11.4 Å². The number of nitrogens with zero attached hydrogens (tertiary/aromatic N) is 2. The van der Waals surface area contributed by atoms with Gasteiger partial charge in [-0.05, 0) is 43.2 Å². The van der Waals surface area contributed by atoms with E-state index in [0.717, 1.165) is 12.8 Å². The van der Waals surface area contributed by atoms with Gasteiger partial charge in [0.2, 0.25) is 0 Å². The van der Waals surface area contributed by atoms with Crippen molar-refractivity contribution in [3.63, 3.8) is 0 Å². The van der Waals surface area contributed by atoms with Crippen LogP contribution in [-0.2, 0) is 0 Å². The highest BCUT2D eigenvalue weighted by atomic mass is 16.5. The number of carbonyl (C=O) groups is 2. The number of benzene rings is 1. The fraction of sp³-hybridized carbons (Fsp3) is 0.316. The zero-order valence-corrected chi connectivity index (χ0v) is 14.1. The average Bonchev–Trinajstić information content (AvgIpc) is 2.68. The molecule has 0 spiro atoms. The fourth-order valence-corrected chi connectivity index (χ4v) is 2.91. The van der Waals surface area contributed by atoms with E-state index in [9.17, 15) is 9.59 Å². The van der Waals surface area contributed by atoms with E-state index < -0.39 is 0 Å². The predicted octanol–water partition coefficient (Wildman–Crippen LogP) is 2.12. The number of piperidine rings is 1. The third-order valence-electron chi connectivity index (χ3n) is 4.33. The summed E-state index contributed by atoms with van der Waals surface area (Å²) < 4.78 is 5.15. The Kier molecular flexibility index (Phi) is 5.28. The van der Waals surface area contributed by atoms with Crippen LogP contribution in [0.1, 0.15) is 33.7 Å². The van der Waals surface area contributed by atoms with E-state index >= 15 is 0 Å². The third kappa shape index (κ3) is 4.15. The van der Waals surface area contributed by atoms with Crippen molar-refractivity contribution in [1.29, 1.82) is 0 Å². The Morgan fingerprint density at radius 2 is 1.96 bits per heavy atom. The Morgan fingerprint density at radius 3 is 2.64 bits per heavy atom. The van der Waals surface area contributed by atoms with E-state index in [0.29, 0.717) is 30.1 Å². The molecule has 0 radical (unpaired) electrons. The van der Waals surface area contributed by atoms with Crippen molar-refractivity contribution >= 4 is 11.8 Å². The minimum atomic E-state index is -0.117. The maximum Gasteiger partial charge on any atom is 0.272 e. The van der Waals surface area contributed by atoms with Gasteiger partial charge in [0.05, 0.1) is 7.11 Å². The second-order valence-corrected chi connectivity index (χ2v) is 5.99. The molecule has 1 aliphatic rings. The van der Waals surface area contributed by atoms with Crippen molar-refractivity contribution < 1.29 is 14.3 Å². The second kappa shape index (κ2) is 7.79. The Hall–Kier alpha value is -2.89. The van der Waals surface area contributed by atoms with Crippen LogP contribution in [0.3, 0.4) is 0 Å². The topological polar surface area (TPSA) is 71.5 Å². The molecule has 3 rings (SSSR count). The molecule has 0 saturated carbocycles. The number of methoxy groups -OCH3 is 1. The normalized spacial score (nSPS) is 14.8. The molecule has 2 heterocycles. The first kappa shape index (κ1) is 17.0. The minimum absolute atomic E-state index is 0.0572. The van der Waals surface area contributed by atoms with Gasteiger partial charge in [-0.1, -0.05) is 12.1 Å². The van der Waals surface area contributed by atoms with E-state index in [4.69, 9.17) is 4.74 Å². The molecule has 0 atom stereocenters. The molecule has 1 aromatic heterocycles. The minimum Gasteiger partial charge on any atom is -0.497 e. The largest absolute Gasteiger partial charge is 0.497 e. The molecule has 0 unspecified atom stereocenters. The molecule has 1 N–H and O–H groups in total. The first-order valence-electron chi connectivity index (χ1n) is 8.32. The highest BCUT2D eigenvalue weighted by molar-refractivity contribution is 5.95. The standard InChI is InChI=1S/C19H21N3O3/c1-25-16-6-4-5-14(13-16)18(23)21-15-8-11-22(12-9-15)19(24)17-7-2-3-10-20-17/h2-7,10,13,15H,8-9,11-12H2,1H3,(H,21,23). The van der Waals surface area contributed by atoms with E-state index in [-0.39, 0.29) is 17.9 Å². The number of hydrogen-bond acceptors (Lipinski definition) is 4. The third-order valence-corrected chi connectivity index (χ3v) is 4.33. The van der Waals surface area contributed by atoms with E-state index in [2.05, 4.69) is 10.3 Å². The number of likely N-dealkylation sites (tertiary alicyclic amines) is 1. The van der Waals surface area contributed by atoms with Crippen molar-refractivity contribution in [2.24, 2.45) is 0 Å².